The average Bonchev–Trinajstić information content (AvgIpc) is 3.32. The fourth-order valence-electron chi connectivity index (χ4n) is 3.36. The van der Waals surface area contributed by atoms with E-state index < -0.39 is 0 Å². The van der Waals surface area contributed by atoms with Crippen LogP contribution < -0.4 is 4.74 Å². The first-order valence-electron chi connectivity index (χ1n) is 10.2. The highest BCUT2D eigenvalue weighted by molar-refractivity contribution is 8.26. The Balaban J connectivity index is 1.76. The molecule has 2 aromatic carbocycles. The maximum absolute atomic E-state index is 12.9. The van der Waals surface area contributed by atoms with E-state index >= 15 is 0 Å². The summed E-state index contributed by atoms with van der Waals surface area (Å²) in [6, 6.07) is 17.8. The van der Waals surface area contributed by atoms with Crippen LogP contribution in [0.3, 0.4) is 0 Å². The van der Waals surface area contributed by atoms with Crippen molar-refractivity contribution in [1.29, 1.82) is 0 Å². The Bertz CT molecular complexity index is 1120. The first-order valence-corrected chi connectivity index (χ1v) is 11.5. The molecule has 0 N–H and O–H groups in total. The Hall–Kier alpha value is -2.90. The van der Waals surface area contributed by atoms with Crippen molar-refractivity contribution in [3.63, 3.8) is 0 Å². The molecule has 7 heteroatoms. The maximum Gasteiger partial charge on any atom is 0.266 e. The lowest BCUT2D eigenvalue weighted by Crippen LogP contribution is -2.28. The third kappa shape index (κ3) is 4.57. The summed E-state index contributed by atoms with van der Waals surface area (Å²) in [6.45, 7) is 5.25. The van der Waals surface area contributed by atoms with Crippen LogP contribution in [0.25, 0.3) is 23.0 Å². The summed E-state index contributed by atoms with van der Waals surface area (Å²) in [5.41, 5.74) is 3.57. The molecule has 31 heavy (non-hydrogen) atoms. The summed E-state index contributed by atoms with van der Waals surface area (Å²) in [5, 5.41) is 4.83. The summed E-state index contributed by atoms with van der Waals surface area (Å²) in [4.78, 5) is 15.2. The molecule has 0 atom stereocenters. The van der Waals surface area contributed by atoms with E-state index in [4.69, 9.17) is 22.1 Å². The Morgan fingerprint density at radius 3 is 2.52 bits per heavy atom. The molecule has 1 saturated heterocycles. The van der Waals surface area contributed by atoms with Gasteiger partial charge in [0.2, 0.25) is 0 Å². The van der Waals surface area contributed by atoms with Gasteiger partial charge in [-0.2, -0.15) is 5.10 Å². The number of thioether (sulfide) groups is 1. The molecule has 1 aliphatic heterocycles. The quantitative estimate of drug-likeness (QED) is 0.350. The number of hydrogen-bond donors (Lipinski definition) is 0. The van der Waals surface area contributed by atoms with E-state index in [1.54, 1.807) is 4.90 Å². The zero-order valence-electron chi connectivity index (χ0n) is 17.4. The zero-order chi connectivity index (χ0) is 21.8. The number of aromatic nitrogens is 2. The smallest absolute Gasteiger partial charge is 0.266 e. The number of ether oxygens (including phenoxy) is 1. The monoisotopic (exact) mass is 449 g/mol. The van der Waals surface area contributed by atoms with Crippen molar-refractivity contribution in [1.82, 2.24) is 14.7 Å². The number of thiocarbonyl (C=S) groups is 1. The van der Waals surface area contributed by atoms with Crippen LogP contribution in [0.4, 0.5) is 0 Å². The zero-order valence-corrected chi connectivity index (χ0v) is 19.1. The number of carbonyl (C=O) groups is 1. The van der Waals surface area contributed by atoms with E-state index in [2.05, 4.69) is 0 Å². The second-order valence-electron chi connectivity index (χ2n) is 7.00. The molecule has 1 fully saturated rings. The van der Waals surface area contributed by atoms with Crippen molar-refractivity contribution in [2.75, 3.05) is 13.2 Å². The van der Waals surface area contributed by atoms with E-state index in [1.807, 2.05) is 85.4 Å². The van der Waals surface area contributed by atoms with Gasteiger partial charge in [0.15, 0.2) is 0 Å². The van der Waals surface area contributed by atoms with Crippen LogP contribution in [0.5, 0.6) is 5.75 Å². The number of benzene rings is 2. The standard InChI is InChI=1S/C24H23N3O2S2/c1-3-14-26-23(28)21(31-24(26)30)15-18-16-27(19-8-6-5-7-9-19)25-22(18)17-10-12-20(13-11-17)29-4-2/h5-13,15-16H,3-4,14H2,1-2H3. The number of amides is 1. The van der Waals surface area contributed by atoms with Gasteiger partial charge in [-0.1, -0.05) is 49.1 Å². The number of para-hydroxylation sites is 1. The van der Waals surface area contributed by atoms with Crippen LogP contribution in [0.2, 0.25) is 0 Å². The highest BCUT2D eigenvalue weighted by Gasteiger charge is 2.31. The Morgan fingerprint density at radius 1 is 1.10 bits per heavy atom. The predicted octanol–water partition coefficient (Wildman–Crippen LogP) is 5.55. The fourth-order valence-corrected chi connectivity index (χ4v) is 4.66. The molecular formula is C24H23N3O2S2. The molecule has 1 amide bonds. The van der Waals surface area contributed by atoms with Gasteiger partial charge in [0.1, 0.15) is 10.1 Å². The van der Waals surface area contributed by atoms with Crippen LogP contribution in [0, 0.1) is 0 Å². The predicted molar refractivity (Wildman–Crippen MR) is 130 cm³/mol. The molecule has 0 aliphatic carbocycles. The highest BCUT2D eigenvalue weighted by atomic mass is 32.2. The number of hydrogen-bond acceptors (Lipinski definition) is 5. The lowest BCUT2D eigenvalue weighted by Gasteiger charge is -2.11. The SMILES string of the molecule is CCCN1C(=O)C(=Cc2cn(-c3ccccc3)nc2-c2ccc(OCC)cc2)SC1=S. The van der Waals surface area contributed by atoms with Crippen molar-refractivity contribution in [2.24, 2.45) is 0 Å². The fraction of sp³-hybridized carbons (Fsp3) is 0.208. The van der Waals surface area contributed by atoms with Gasteiger partial charge in [-0.3, -0.25) is 9.69 Å². The molecule has 1 aliphatic rings. The van der Waals surface area contributed by atoms with Gasteiger partial charge in [0.25, 0.3) is 5.91 Å². The Labute approximate surface area is 191 Å². The molecule has 0 spiro atoms. The van der Waals surface area contributed by atoms with Gasteiger partial charge in [0, 0.05) is 23.9 Å². The summed E-state index contributed by atoms with van der Waals surface area (Å²) < 4.78 is 8.01. The lowest BCUT2D eigenvalue weighted by atomic mass is 10.1. The topological polar surface area (TPSA) is 47.4 Å². The number of carbonyl (C=O) groups excluding carboxylic acids is 1. The van der Waals surface area contributed by atoms with E-state index in [1.165, 1.54) is 11.8 Å². The molecular weight excluding hydrogens is 426 g/mol. The van der Waals surface area contributed by atoms with Crippen LogP contribution in [0.15, 0.2) is 65.7 Å². The van der Waals surface area contributed by atoms with E-state index in [0.29, 0.717) is 22.4 Å². The Morgan fingerprint density at radius 2 is 1.84 bits per heavy atom. The van der Waals surface area contributed by atoms with Gasteiger partial charge < -0.3 is 4.74 Å². The van der Waals surface area contributed by atoms with Crippen molar-refractivity contribution in [3.05, 3.63) is 71.3 Å². The first kappa shape index (κ1) is 21.3. The highest BCUT2D eigenvalue weighted by Crippen LogP contribution is 2.35. The van der Waals surface area contributed by atoms with E-state index in [9.17, 15) is 4.79 Å². The maximum atomic E-state index is 12.9. The van der Waals surface area contributed by atoms with E-state index in [0.717, 1.165) is 34.7 Å². The second-order valence-corrected chi connectivity index (χ2v) is 8.68. The van der Waals surface area contributed by atoms with Gasteiger partial charge in [0.05, 0.1) is 22.9 Å². The molecule has 0 radical (unpaired) electrons. The third-order valence-corrected chi connectivity index (χ3v) is 6.19. The van der Waals surface area contributed by atoms with Crippen LogP contribution in [0.1, 0.15) is 25.8 Å². The van der Waals surface area contributed by atoms with Gasteiger partial charge in [-0.15, -0.1) is 0 Å². The number of nitrogens with zero attached hydrogens (tertiary/aromatic N) is 3. The first-order chi connectivity index (χ1) is 15.1. The van der Waals surface area contributed by atoms with Crippen LogP contribution in [-0.2, 0) is 4.79 Å². The molecule has 1 aromatic heterocycles. The molecule has 4 rings (SSSR count). The van der Waals surface area contributed by atoms with Crippen molar-refractivity contribution < 1.29 is 9.53 Å². The minimum atomic E-state index is -0.0399. The van der Waals surface area contributed by atoms with Crippen molar-refractivity contribution in [3.8, 4) is 22.7 Å². The molecule has 5 nitrogen and oxygen atoms in total. The van der Waals surface area contributed by atoms with Crippen LogP contribution >= 0.6 is 24.0 Å². The average molecular weight is 450 g/mol. The Kier molecular flexibility index (Phi) is 6.53. The number of rotatable bonds is 7. The second kappa shape index (κ2) is 9.49. The van der Waals surface area contributed by atoms with Gasteiger partial charge >= 0.3 is 0 Å². The molecule has 0 unspecified atom stereocenters. The molecule has 3 aromatic rings. The molecule has 2 heterocycles. The normalized spacial score (nSPS) is 15.2. The summed E-state index contributed by atoms with van der Waals surface area (Å²) >= 11 is 6.76. The molecule has 158 valence electrons. The minimum absolute atomic E-state index is 0.0399. The molecule has 0 bridgehead atoms. The molecule has 0 saturated carbocycles. The summed E-state index contributed by atoms with van der Waals surface area (Å²) in [7, 11) is 0. The van der Waals surface area contributed by atoms with Crippen LogP contribution in [-0.4, -0.2) is 38.1 Å². The van der Waals surface area contributed by atoms with E-state index in [-0.39, 0.29) is 5.91 Å². The third-order valence-electron chi connectivity index (χ3n) is 4.81. The lowest BCUT2D eigenvalue weighted by molar-refractivity contribution is -0.122. The summed E-state index contributed by atoms with van der Waals surface area (Å²) in [6.07, 6.45) is 4.71. The van der Waals surface area contributed by atoms with Crippen molar-refractivity contribution >= 4 is 40.3 Å². The van der Waals surface area contributed by atoms with Crippen molar-refractivity contribution in [2.45, 2.75) is 20.3 Å². The van der Waals surface area contributed by atoms with Gasteiger partial charge in [-0.05, 0) is 55.8 Å². The summed E-state index contributed by atoms with van der Waals surface area (Å²) in [5.74, 6) is 0.776. The largest absolute Gasteiger partial charge is 0.494 e. The van der Waals surface area contributed by atoms with Gasteiger partial charge in [-0.25, -0.2) is 4.68 Å². The minimum Gasteiger partial charge on any atom is -0.494 e.